The third-order valence-corrected chi connectivity index (χ3v) is 5.66. The van der Waals surface area contributed by atoms with E-state index in [2.05, 4.69) is 21.2 Å². The highest BCUT2D eigenvalue weighted by atomic mass is 79.9. The highest BCUT2D eigenvalue weighted by molar-refractivity contribution is 9.10. The topological polar surface area (TPSA) is 66.0 Å². The first-order valence-corrected chi connectivity index (χ1v) is 11.1. The largest absolute Gasteiger partial charge is 0.497 e. The Morgan fingerprint density at radius 2 is 1.90 bits per heavy atom. The van der Waals surface area contributed by atoms with Crippen molar-refractivity contribution in [2.24, 2.45) is 0 Å². The Kier molecular flexibility index (Phi) is 8.01. The van der Waals surface area contributed by atoms with Crippen molar-refractivity contribution < 1.29 is 23.7 Å². The number of carbonyl (C=O) groups excluding carboxylic acids is 1. The van der Waals surface area contributed by atoms with Gasteiger partial charge in [-0.2, -0.15) is 0 Å². The van der Waals surface area contributed by atoms with Crippen LogP contribution in [0.1, 0.15) is 12.5 Å². The first kappa shape index (κ1) is 22.5. The minimum absolute atomic E-state index is 0.200. The van der Waals surface area contributed by atoms with Gasteiger partial charge >= 0.3 is 0 Å². The molecule has 3 rings (SSSR count). The van der Waals surface area contributed by atoms with Crippen LogP contribution in [0.5, 0.6) is 23.0 Å². The molecular formula is C21H20BrNO5S2. The lowest BCUT2D eigenvalue weighted by molar-refractivity contribution is -0.115. The molecule has 0 saturated carbocycles. The number of amides is 1. The number of thioether (sulfide) groups is 1. The molecule has 2 aromatic rings. The van der Waals surface area contributed by atoms with Gasteiger partial charge < -0.3 is 24.3 Å². The average molecular weight is 510 g/mol. The van der Waals surface area contributed by atoms with Gasteiger partial charge in [-0.15, -0.1) is 0 Å². The zero-order valence-corrected chi connectivity index (χ0v) is 19.6. The minimum atomic E-state index is -0.200. The Labute approximate surface area is 193 Å². The number of carbonyl (C=O) groups is 1. The van der Waals surface area contributed by atoms with Crippen LogP contribution in [0.25, 0.3) is 6.08 Å². The van der Waals surface area contributed by atoms with Gasteiger partial charge in [0.2, 0.25) is 0 Å². The first-order valence-electron chi connectivity index (χ1n) is 9.11. The van der Waals surface area contributed by atoms with Gasteiger partial charge in [0.15, 0.2) is 11.5 Å². The lowest BCUT2D eigenvalue weighted by atomic mass is 10.2. The smallest absolute Gasteiger partial charge is 0.263 e. The molecule has 9 heteroatoms. The molecule has 2 aromatic carbocycles. The van der Waals surface area contributed by atoms with E-state index < -0.39 is 0 Å². The molecule has 0 unspecified atom stereocenters. The number of hydrogen-bond donors (Lipinski definition) is 1. The maximum Gasteiger partial charge on any atom is 0.263 e. The highest BCUT2D eigenvalue weighted by Crippen LogP contribution is 2.38. The minimum Gasteiger partial charge on any atom is -0.497 e. The van der Waals surface area contributed by atoms with E-state index in [-0.39, 0.29) is 5.91 Å². The molecule has 1 amide bonds. The predicted octanol–water partition coefficient (Wildman–Crippen LogP) is 4.80. The third-order valence-electron chi connectivity index (χ3n) is 3.91. The van der Waals surface area contributed by atoms with Crippen molar-refractivity contribution in [2.45, 2.75) is 6.92 Å². The van der Waals surface area contributed by atoms with Crippen molar-refractivity contribution >= 4 is 56.2 Å². The molecule has 6 nitrogen and oxygen atoms in total. The standard InChI is InChI=1S/C21H20BrNO5S2/c1-3-26-17-10-13(11-18-20(24)23-21(29)30-18)9-16(22)19(17)28-8-7-27-15-6-4-5-14(12-15)25-2/h4-6,9-12H,3,7-8H2,1-2H3,(H,23,24,29)/b18-11-. The van der Waals surface area contributed by atoms with E-state index in [1.807, 2.05) is 43.3 Å². The number of nitrogens with one attached hydrogen (secondary N) is 1. The van der Waals surface area contributed by atoms with Crippen LogP contribution in [0, 0.1) is 0 Å². The SMILES string of the molecule is CCOc1cc(/C=C2\SC(=S)NC2=O)cc(Br)c1OCCOc1cccc(OC)c1. The summed E-state index contributed by atoms with van der Waals surface area (Å²) < 4.78 is 23.7. The van der Waals surface area contributed by atoms with Crippen LogP contribution in [0.3, 0.4) is 0 Å². The van der Waals surface area contributed by atoms with Gasteiger partial charge in [-0.3, -0.25) is 4.79 Å². The van der Waals surface area contributed by atoms with Crippen molar-refractivity contribution in [3.8, 4) is 23.0 Å². The van der Waals surface area contributed by atoms with Crippen LogP contribution in [0.4, 0.5) is 0 Å². The van der Waals surface area contributed by atoms with Crippen LogP contribution in [-0.4, -0.2) is 37.2 Å². The van der Waals surface area contributed by atoms with E-state index in [0.717, 1.165) is 11.3 Å². The first-order chi connectivity index (χ1) is 14.5. The van der Waals surface area contributed by atoms with E-state index in [1.165, 1.54) is 11.8 Å². The molecule has 1 heterocycles. The maximum atomic E-state index is 11.9. The number of hydrogen-bond acceptors (Lipinski definition) is 7. The van der Waals surface area contributed by atoms with Gasteiger partial charge in [0.1, 0.15) is 29.0 Å². The zero-order valence-electron chi connectivity index (χ0n) is 16.4. The Bertz CT molecular complexity index is 980. The number of benzene rings is 2. The van der Waals surface area contributed by atoms with E-state index in [1.54, 1.807) is 13.2 Å². The Balaban J connectivity index is 1.68. The van der Waals surface area contributed by atoms with Crippen LogP contribution in [-0.2, 0) is 4.79 Å². The summed E-state index contributed by atoms with van der Waals surface area (Å²) in [6.45, 7) is 3.05. The predicted molar refractivity (Wildman–Crippen MR) is 126 cm³/mol. The summed E-state index contributed by atoms with van der Waals surface area (Å²) in [4.78, 5) is 12.4. The van der Waals surface area contributed by atoms with Crippen LogP contribution < -0.4 is 24.3 Å². The summed E-state index contributed by atoms with van der Waals surface area (Å²) in [6.07, 6.45) is 1.77. The molecular weight excluding hydrogens is 490 g/mol. The fourth-order valence-electron chi connectivity index (χ4n) is 2.64. The molecule has 0 radical (unpaired) electrons. The lowest BCUT2D eigenvalue weighted by Gasteiger charge is -2.15. The van der Waals surface area contributed by atoms with Crippen LogP contribution in [0.15, 0.2) is 45.8 Å². The molecule has 1 N–H and O–H groups in total. The number of methoxy groups -OCH3 is 1. The zero-order chi connectivity index (χ0) is 21.5. The summed E-state index contributed by atoms with van der Waals surface area (Å²) in [6, 6.07) is 11.1. The van der Waals surface area contributed by atoms with Crippen molar-refractivity contribution in [1.82, 2.24) is 5.32 Å². The molecule has 1 aliphatic rings. The van der Waals surface area contributed by atoms with Gasteiger partial charge in [-0.1, -0.05) is 30.0 Å². The fraction of sp³-hybridized carbons (Fsp3) is 0.238. The number of thiocarbonyl (C=S) groups is 1. The fourth-order valence-corrected chi connectivity index (χ4v) is 4.26. The molecule has 0 aliphatic carbocycles. The van der Waals surface area contributed by atoms with Gasteiger partial charge in [-0.25, -0.2) is 0 Å². The summed E-state index contributed by atoms with van der Waals surface area (Å²) in [7, 11) is 1.61. The molecule has 158 valence electrons. The van der Waals surface area contributed by atoms with E-state index in [4.69, 9.17) is 31.2 Å². The molecule has 0 bridgehead atoms. The van der Waals surface area contributed by atoms with Gasteiger partial charge in [0, 0.05) is 6.07 Å². The third kappa shape index (κ3) is 5.90. The van der Waals surface area contributed by atoms with Crippen molar-refractivity contribution in [3.05, 3.63) is 51.3 Å². The summed E-state index contributed by atoms with van der Waals surface area (Å²) in [5.74, 6) is 2.39. The Morgan fingerprint density at radius 3 is 2.60 bits per heavy atom. The summed E-state index contributed by atoms with van der Waals surface area (Å²) in [5, 5.41) is 2.61. The molecule has 1 aliphatic heterocycles. The molecule has 1 fully saturated rings. The Hall–Kier alpha value is -2.23. The average Bonchev–Trinajstić information content (AvgIpc) is 3.03. The second kappa shape index (κ2) is 10.7. The molecule has 0 atom stereocenters. The van der Waals surface area contributed by atoms with E-state index in [0.29, 0.717) is 50.8 Å². The van der Waals surface area contributed by atoms with Crippen LogP contribution in [0.2, 0.25) is 0 Å². The van der Waals surface area contributed by atoms with Crippen molar-refractivity contribution in [2.75, 3.05) is 26.9 Å². The maximum absolute atomic E-state index is 11.9. The second-order valence-electron chi connectivity index (χ2n) is 5.99. The number of ether oxygens (including phenoxy) is 4. The monoisotopic (exact) mass is 509 g/mol. The van der Waals surface area contributed by atoms with E-state index >= 15 is 0 Å². The lowest BCUT2D eigenvalue weighted by Crippen LogP contribution is -2.17. The second-order valence-corrected chi connectivity index (χ2v) is 8.56. The highest BCUT2D eigenvalue weighted by Gasteiger charge is 2.22. The normalized spacial score (nSPS) is 14.6. The van der Waals surface area contributed by atoms with Gasteiger partial charge in [0.25, 0.3) is 5.91 Å². The summed E-state index contributed by atoms with van der Waals surface area (Å²) in [5.41, 5.74) is 0.799. The van der Waals surface area contributed by atoms with Crippen LogP contribution >= 0.6 is 39.9 Å². The number of halogens is 1. The van der Waals surface area contributed by atoms with Gasteiger partial charge in [0.05, 0.1) is 23.1 Å². The summed E-state index contributed by atoms with van der Waals surface area (Å²) >= 11 is 9.80. The quantitative estimate of drug-likeness (QED) is 0.295. The number of rotatable bonds is 9. The van der Waals surface area contributed by atoms with Crippen molar-refractivity contribution in [1.29, 1.82) is 0 Å². The Morgan fingerprint density at radius 1 is 1.13 bits per heavy atom. The molecule has 1 saturated heterocycles. The molecule has 0 spiro atoms. The molecule has 30 heavy (non-hydrogen) atoms. The van der Waals surface area contributed by atoms with Crippen molar-refractivity contribution in [3.63, 3.8) is 0 Å². The van der Waals surface area contributed by atoms with E-state index in [9.17, 15) is 4.79 Å². The van der Waals surface area contributed by atoms with Gasteiger partial charge in [-0.05, 0) is 58.8 Å². The molecule has 0 aromatic heterocycles.